The second-order valence-electron chi connectivity index (χ2n) is 4.84. The summed E-state index contributed by atoms with van der Waals surface area (Å²) in [5.41, 5.74) is 1.58. The van der Waals surface area contributed by atoms with Crippen molar-refractivity contribution >= 4 is 39.7 Å². The zero-order chi connectivity index (χ0) is 16.9. The molecule has 2 aromatic heterocycles. The van der Waals surface area contributed by atoms with Crippen molar-refractivity contribution in [3.63, 3.8) is 0 Å². The van der Waals surface area contributed by atoms with Crippen LogP contribution in [0.4, 0.5) is 5.13 Å². The van der Waals surface area contributed by atoms with Crippen molar-refractivity contribution in [2.75, 3.05) is 12.4 Å². The Labute approximate surface area is 146 Å². The highest BCUT2D eigenvalue weighted by atomic mass is 32.1. The predicted molar refractivity (Wildman–Crippen MR) is 95.5 cm³/mol. The monoisotopic (exact) mass is 358 g/mol. The Hall–Kier alpha value is -2.51. The Bertz CT molecular complexity index is 842. The number of amides is 1. The molecule has 1 amide bonds. The summed E-state index contributed by atoms with van der Waals surface area (Å²) in [7, 11) is 1.35. The van der Waals surface area contributed by atoms with Crippen LogP contribution in [0.1, 0.15) is 14.5 Å². The van der Waals surface area contributed by atoms with Gasteiger partial charge in [-0.3, -0.25) is 14.9 Å². The maximum absolute atomic E-state index is 12.2. The van der Waals surface area contributed by atoms with Crippen LogP contribution in [0.25, 0.3) is 11.3 Å². The molecule has 1 aromatic carbocycles. The molecule has 0 radical (unpaired) electrons. The number of methoxy groups -OCH3 is 1. The molecular formula is C17H14N2O3S2. The van der Waals surface area contributed by atoms with Crippen LogP contribution >= 0.6 is 22.7 Å². The Morgan fingerprint density at radius 1 is 1.17 bits per heavy atom. The van der Waals surface area contributed by atoms with Crippen LogP contribution in [0.15, 0.2) is 47.8 Å². The number of carbonyl (C=O) groups excluding carboxylic acids is 2. The fourth-order valence-electron chi connectivity index (χ4n) is 2.12. The fourth-order valence-corrected chi connectivity index (χ4v) is 3.70. The molecule has 0 atom stereocenters. The Morgan fingerprint density at radius 2 is 1.96 bits per heavy atom. The molecule has 3 aromatic rings. The largest absolute Gasteiger partial charge is 0.469 e. The first-order valence-electron chi connectivity index (χ1n) is 7.14. The number of anilines is 1. The topological polar surface area (TPSA) is 68.3 Å². The van der Waals surface area contributed by atoms with Crippen molar-refractivity contribution in [1.82, 2.24) is 4.98 Å². The van der Waals surface area contributed by atoms with Crippen LogP contribution in [0.2, 0.25) is 0 Å². The minimum atomic E-state index is -0.341. The quantitative estimate of drug-likeness (QED) is 0.704. The fraction of sp³-hybridized carbons (Fsp3) is 0.118. The lowest BCUT2D eigenvalue weighted by molar-refractivity contribution is -0.139. The third-order valence-electron chi connectivity index (χ3n) is 3.24. The van der Waals surface area contributed by atoms with Gasteiger partial charge < -0.3 is 4.74 Å². The summed E-state index contributed by atoms with van der Waals surface area (Å²) in [5, 5.41) is 5.10. The summed E-state index contributed by atoms with van der Waals surface area (Å²) in [5.74, 6) is -0.546. The van der Waals surface area contributed by atoms with Gasteiger partial charge in [-0.2, -0.15) is 0 Å². The number of thiazole rings is 1. The number of aromatic nitrogens is 1. The third kappa shape index (κ3) is 3.69. The van der Waals surface area contributed by atoms with E-state index in [1.807, 2.05) is 41.8 Å². The van der Waals surface area contributed by atoms with E-state index in [0.29, 0.717) is 15.7 Å². The molecule has 0 aliphatic heterocycles. The van der Waals surface area contributed by atoms with Crippen molar-refractivity contribution in [3.05, 3.63) is 57.6 Å². The number of nitrogens with zero attached hydrogens (tertiary/aromatic N) is 1. The average Bonchev–Trinajstić information content (AvgIpc) is 3.25. The minimum absolute atomic E-state index is 0.118. The third-order valence-corrected chi connectivity index (χ3v) is 5.08. The van der Waals surface area contributed by atoms with E-state index >= 15 is 0 Å². The molecule has 1 N–H and O–H groups in total. The van der Waals surface area contributed by atoms with Crippen LogP contribution in [-0.2, 0) is 16.0 Å². The summed E-state index contributed by atoms with van der Waals surface area (Å²) in [6.45, 7) is 0. The second kappa shape index (κ2) is 7.37. The van der Waals surface area contributed by atoms with Crippen molar-refractivity contribution < 1.29 is 14.3 Å². The normalized spacial score (nSPS) is 10.4. The molecule has 122 valence electrons. The smallest absolute Gasteiger partial charge is 0.310 e. The van der Waals surface area contributed by atoms with Gasteiger partial charge in [-0.15, -0.1) is 22.7 Å². The van der Waals surface area contributed by atoms with Gasteiger partial charge in [0.1, 0.15) is 0 Å². The zero-order valence-electron chi connectivity index (χ0n) is 12.8. The number of thiophene rings is 1. The van der Waals surface area contributed by atoms with Gasteiger partial charge in [-0.05, 0) is 11.4 Å². The van der Waals surface area contributed by atoms with Gasteiger partial charge in [-0.25, -0.2) is 4.98 Å². The number of ether oxygens (including phenoxy) is 1. The van der Waals surface area contributed by atoms with Crippen LogP contribution < -0.4 is 5.32 Å². The molecule has 0 saturated heterocycles. The molecule has 0 spiro atoms. The van der Waals surface area contributed by atoms with Crippen molar-refractivity contribution in [3.8, 4) is 11.3 Å². The summed E-state index contributed by atoms with van der Waals surface area (Å²) in [6, 6.07) is 13.1. The average molecular weight is 358 g/mol. The Balaban J connectivity index is 1.91. The predicted octanol–water partition coefficient (Wildman–Crippen LogP) is 3.84. The van der Waals surface area contributed by atoms with Gasteiger partial charge in [0, 0.05) is 10.4 Å². The highest BCUT2D eigenvalue weighted by Gasteiger charge is 2.18. The van der Waals surface area contributed by atoms with Crippen molar-refractivity contribution in [1.29, 1.82) is 0 Å². The maximum Gasteiger partial charge on any atom is 0.310 e. The standard InChI is InChI=1S/C17H14N2O3S2/c1-22-14(20)10-13-15(11-6-3-2-4-7-11)18-17(24-13)19-16(21)12-8-5-9-23-12/h2-9H,10H2,1H3,(H,18,19,21). The lowest BCUT2D eigenvalue weighted by Crippen LogP contribution is -2.09. The molecule has 0 bridgehead atoms. The maximum atomic E-state index is 12.2. The number of nitrogens with one attached hydrogen (secondary N) is 1. The van der Waals surface area contributed by atoms with Crippen LogP contribution in [-0.4, -0.2) is 24.0 Å². The molecule has 0 unspecified atom stereocenters. The van der Waals surface area contributed by atoms with Crippen molar-refractivity contribution in [2.24, 2.45) is 0 Å². The lowest BCUT2D eigenvalue weighted by atomic mass is 10.1. The van der Waals surface area contributed by atoms with E-state index in [1.54, 1.807) is 6.07 Å². The van der Waals surface area contributed by atoms with Gasteiger partial charge in [-0.1, -0.05) is 36.4 Å². The number of carbonyl (C=O) groups is 2. The number of hydrogen-bond donors (Lipinski definition) is 1. The second-order valence-corrected chi connectivity index (χ2v) is 6.87. The van der Waals surface area contributed by atoms with Gasteiger partial charge in [0.05, 0.1) is 24.1 Å². The summed E-state index contributed by atoms with van der Waals surface area (Å²) in [6.07, 6.45) is 0.118. The summed E-state index contributed by atoms with van der Waals surface area (Å²) in [4.78, 5) is 29.7. The molecular weight excluding hydrogens is 344 g/mol. The first-order chi connectivity index (χ1) is 11.7. The van der Waals surface area contributed by atoms with Gasteiger partial charge in [0.25, 0.3) is 5.91 Å². The molecule has 7 heteroatoms. The highest BCUT2D eigenvalue weighted by molar-refractivity contribution is 7.16. The number of rotatable bonds is 5. The molecule has 0 aliphatic carbocycles. The zero-order valence-corrected chi connectivity index (χ0v) is 14.4. The van der Waals surface area contributed by atoms with E-state index in [9.17, 15) is 9.59 Å². The van der Waals surface area contributed by atoms with E-state index in [0.717, 1.165) is 10.4 Å². The first-order valence-corrected chi connectivity index (χ1v) is 8.84. The number of benzene rings is 1. The summed E-state index contributed by atoms with van der Waals surface area (Å²) >= 11 is 2.65. The van der Waals surface area contributed by atoms with Crippen LogP contribution in [0.5, 0.6) is 0 Å². The van der Waals surface area contributed by atoms with Crippen LogP contribution in [0.3, 0.4) is 0 Å². The van der Waals surface area contributed by atoms with Crippen molar-refractivity contribution in [2.45, 2.75) is 6.42 Å². The van der Waals surface area contributed by atoms with E-state index < -0.39 is 0 Å². The Morgan fingerprint density at radius 3 is 2.62 bits per heavy atom. The molecule has 0 aliphatic rings. The first kappa shape index (κ1) is 16.4. The van der Waals surface area contributed by atoms with E-state index in [1.165, 1.54) is 29.8 Å². The van der Waals surface area contributed by atoms with E-state index in [4.69, 9.17) is 4.74 Å². The molecule has 0 fully saturated rings. The molecule has 3 rings (SSSR count). The lowest BCUT2D eigenvalue weighted by Gasteiger charge is -2.01. The van der Waals surface area contributed by atoms with E-state index in [-0.39, 0.29) is 18.3 Å². The van der Waals surface area contributed by atoms with Gasteiger partial charge in [0.15, 0.2) is 5.13 Å². The van der Waals surface area contributed by atoms with Crippen LogP contribution in [0, 0.1) is 0 Å². The van der Waals surface area contributed by atoms with E-state index in [2.05, 4.69) is 10.3 Å². The summed E-state index contributed by atoms with van der Waals surface area (Å²) < 4.78 is 4.75. The molecule has 0 saturated carbocycles. The highest BCUT2D eigenvalue weighted by Crippen LogP contribution is 2.32. The SMILES string of the molecule is COC(=O)Cc1sc(NC(=O)c2cccs2)nc1-c1ccccc1. The Kier molecular flexibility index (Phi) is 5.02. The number of hydrogen-bond acceptors (Lipinski definition) is 6. The van der Waals surface area contributed by atoms with Gasteiger partial charge in [0.2, 0.25) is 0 Å². The molecule has 2 heterocycles. The molecule has 5 nitrogen and oxygen atoms in total. The number of esters is 1. The minimum Gasteiger partial charge on any atom is -0.469 e. The molecule has 24 heavy (non-hydrogen) atoms. The van der Waals surface area contributed by atoms with Gasteiger partial charge >= 0.3 is 5.97 Å².